The van der Waals surface area contributed by atoms with Gasteiger partial charge in [-0.3, -0.25) is 14.6 Å². The Balaban J connectivity index is 2.24. The molecule has 1 rings (SSSR count). The molecule has 0 atom stereocenters. The minimum atomic E-state index is 0.210. The van der Waals surface area contributed by atoms with Gasteiger partial charge in [-0.05, 0) is 20.4 Å². The lowest BCUT2D eigenvalue weighted by Crippen LogP contribution is -2.50. The van der Waals surface area contributed by atoms with Gasteiger partial charge in [0.1, 0.15) is 0 Å². The van der Waals surface area contributed by atoms with Crippen LogP contribution in [0.2, 0.25) is 0 Å². The van der Waals surface area contributed by atoms with Crippen molar-refractivity contribution >= 4 is 5.91 Å². The predicted molar refractivity (Wildman–Crippen MR) is 71.1 cm³/mol. The number of carbonyl (C=O) groups excluding carboxylic acids is 1. The van der Waals surface area contributed by atoms with Crippen molar-refractivity contribution in [2.75, 3.05) is 45.8 Å². The molecule has 0 spiro atoms. The molecule has 0 aromatic rings. The van der Waals surface area contributed by atoms with Crippen molar-refractivity contribution in [1.29, 1.82) is 0 Å². The molecule has 0 radical (unpaired) electrons. The Labute approximate surface area is 106 Å². The first-order valence-corrected chi connectivity index (χ1v) is 6.76. The Morgan fingerprint density at radius 2 is 1.82 bits per heavy atom. The molecule has 0 bridgehead atoms. The SMILES string of the molecule is CCN(CCN1CCN(C(C)=O)CC1)C(C)C. The second-order valence-electron chi connectivity index (χ2n) is 5.07. The number of likely N-dealkylation sites (N-methyl/N-ethyl adjacent to an activating group) is 1. The van der Waals surface area contributed by atoms with Crippen molar-refractivity contribution in [3.63, 3.8) is 0 Å². The van der Waals surface area contributed by atoms with Crippen LogP contribution in [0.25, 0.3) is 0 Å². The Hall–Kier alpha value is -0.610. The van der Waals surface area contributed by atoms with Gasteiger partial charge in [-0.1, -0.05) is 6.92 Å². The number of rotatable bonds is 5. The quantitative estimate of drug-likeness (QED) is 0.715. The van der Waals surface area contributed by atoms with Gasteiger partial charge in [0, 0.05) is 52.2 Å². The van der Waals surface area contributed by atoms with Gasteiger partial charge >= 0.3 is 0 Å². The second-order valence-corrected chi connectivity index (χ2v) is 5.07. The fourth-order valence-corrected chi connectivity index (χ4v) is 2.34. The Kier molecular flexibility index (Phi) is 5.92. The molecule has 1 aliphatic heterocycles. The number of hydrogen-bond acceptors (Lipinski definition) is 3. The van der Waals surface area contributed by atoms with Crippen molar-refractivity contribution in [2.45, 2.75) is 33.7 Å². The van der Waals surface area contributed by atoms with Crippen LogP contribution in [0.15, 0.2) is 0 Å². The summed E-state index contributed by atoms with van der Waals surface area (Å²) in [6, 6.07) is 0.624. The second kappa shape index (κ2) is 6.97. The molecule has 1 heterocycles. The number of hydrogen-bond donors (Lipinski definition) is 0. The first kappa shape index (κ1) is 14.5. The molecule has 1 fully saturated rings. The zero-order valence-electron chi connectivity index (χ0n) is 11.8. The maximum absolute atomic E-state index is 11.2. The van der Waals surface area contributed by atoms with E-state index in [4.69, 9.17) is 0 Å². The number of amides is 1. The predicted octanol–water partition coefficient (Wildman–Crippen LogP) is 0.881. The standard InChI is InChI=1S/C13H27N3O/c1-5-15(12(2)3)9-6-14-7-10-16(11-8-14)13(4)17/h12H,5-11H2,1-4H3. The maximum atomic E-state index is 11.2. The third-order valence-corrected chi connectivity index (χ3v) is 3.66. The van der Waals surface area contributed by atoms with Gasteiger partial charge in [-0.25, -0.2) is 0 Å². The van der Waals surface area contributed by atoms with Gasteiger partial charge in [-0.2, -0.15) is 0 Å². The summed E-state index contributed by atoms with van der Waals surface area (Å²) in [4.78, 5) is 18.1. The van der Waals surface area contributed by atoms with E-state index < -0.39 is 0 Å². The van der Waals surface area contributed by atoms with Gasteiger partial charge in [0.2, 0.25) is 5.91 Å². The van der Waals surface area contributed by atoms with Crippen molar-refractivity contribution in [1.82, 2.24) is 14.7 Å². The van der Waals surface area contributed by atoms with Crippen LogP contribution < -0.4 is 0 Å². The number of carbonyl (C=O) groups is 1. The molecule has 4 nitrogen and oxygen atoms in total. The summed E-state index contributed by atoms with van der Waals surface area (Å²) in [5.41, 5.74) is 0. The van der Waals surface area contributed by atoms with E-state index in [0.717, 1.165) is 45.8 Å². The molecular formula is C13H27N3O. The van der Waals surface area contributed by atoms with Crippen molar-refractivity contribution in [2.24, 2.45) is 0 Å². The Bertz CT molecular complexity index is 235. The molecule has 0 saturated carbocycles. The average molecular weight is 241 g/mol. The summed E-state index contributed by atoms with van der Waals surface area (Å²) in [5, 5.41) is 0. The normalized spacial score (nSPS) is 18.1. The monoisotopic (exact) mass is 241 g/mol. The third kappa shape index (κ3) is 4.64. The van der Waals surface area contributed by atoms with Crippen LogP contribution in [0.1, 0.15) is 27.7 Å². The van der Waals surface area contributed by atoms with Crippen LogP contribution in [0.3, 0.4) is 0 Å². The van der Waals surface area contributed by atoms with E-state index in [-0.39, 0.29) is 5.91 Å². The molecule has 100 valence electrons. The molecule has 1 aliphatic rings. The highest BCUT2D eigenvalue weighted by molar-refractivity contribution is 5.73. The number of nitrogens with zero attached hydrogens (tertiary/aromatic N) is 3. The largest absolute Gasteiger partial charge is 0.340 e. The van der Waals surface area contributed by atoms with Crippen LogP contribution in [0.4, 0.5) is 0 Å². The smallest absolute Gasteiger partial charge is 0.219 e. The van der Waals surface area contributed by atoms with E-state index in [1.54, 1.807) is 6.92 Å². The van der Waals surface area contributed by atoms with Crippen molar-refractivity contribution in [3.8, 4) is 0 Å². The summed E-state index contributed by atoms with van der Waals surface area (Å²) >= 11 is 0. The van der Waals surface area contributed by atoms with E-state index in [1.807, 2.05) is 4.90 Å². The molecule has 1 amide bonds. The van der Waals surface area contributed by atoms with Gasteiger partial charge < -0.3 is 4.90 Å². The Morgan fingerprint density at radius 1 is 1.24 bits per heavy atom. The van der Waals surface area contributed by atoms with E-state index in [0.29, 0.717) is 6.04 Å². The summed E-state index contributed by atoms with van der Waals surface area (Å²) in [5.74, 6) is 0.210. The van der Waals surface area contributed by atoms with E-state index >= 15 is 0 Å². The van der Waals surface area contributed by atoms with Gasteiger partial charge in [-0.15, -0.1) is 0 Å². The molecule has 0 aromatic carbocycles. The van der Waals surface area contributed by atoms with E-state index in [9.17, 15) is 4.79 Å². The fourth-order valence-electron chi connectivity index (χ4n) is 2.34. The van der Waals surface area contributed by atoms with Crippen LogP contribution in [-0.2, 0) is 4.79 Å². The van der Waals surface area contributed by atoms with Crippen molar-refractivity contribution in [3.05, 3.63) is 0 Å². The van der Waals surface area contributed by atoms with Crippen molar-refractivity contribution < 1.29 is 4.79 Å². The zero-order chi connectivity index (χ0) is 12.8. The Morgan fingerprint density at radius 3 is 2.24 bits per heavy atom. The summed E-state index contributed by atoms with van der Waals surface area (Å²) in [7, 11) is 0. The highest BCUT2D eigenvalue weighted by Gasteiger charge is 2.18. The molecular weight excluding hydrogens is 214 g/mol. The lowest BCUT2D eigenvalue weighted by Gasteiger charge is -2.35. The van der Waals surface area contributed by atoms with E-state index in [2.05, 4.69) is 30.6 Å². The molecule has 1 saturated heterocycles. The summed E-state index contributed by atoms with van der Waals surface area (Å²) in [6.07, 6.45) is 0. The van der Waals surface area contributed by atoms with Crippen LogP contribution >= 0.6 is 0 Å². The van der Waals surface area contributed by atoms with Gasteiger partial charge in [0.05, 0.1) is 0 Å². The molecule has 4 heteroatoms. The highest BCUT2D eigenvalue weighted by Crippen LogP contribution is 2.03. The van der Waals surface area contributed by atoms with Crippen LogP contribution in [0, 0.1) is 0 Å². The first-order valence-electron chi connectivity index (χ1n) is 6.76. The van der Waals surface area contributed by atoms with Gasteiger partial charge in [0.15, 0.2) is 0 Å². The average Bonchev–Trinajstić information content (AvgIpc) is 2.30. The maximum Gasteiger partial charge on any atom is 0.219 e. The molecule has 0 N–H and O–H groups in total. The topological polar surface area (TPSA) is 26.8 Å². The fraction of sp³-hybridized carbons (Fsp3) is 0.923. The molecule has 0 aliphatic carbocycles. The number of piperazine rings is 1. The van der Waals surface area contributed by atoms with Crippen LogP contribution in [-0.4, -0.2) is 72.5 Å². The lowest BCUT2D eigenvalue weighted by atomic mass is 10.3. The summed E-state index contributed by atoms with van der Waals surface area (Å²) in [6.45, 7) is 15.6. The molecule has 0 aromatic heterocycles. The lowest BCUT2D eigenvalue weighted by molar-refractivity contribution is -0.130. The zero-order valence-corrected chi connectivity index (χ0v) is 11.8. The minimum Gasteiger partial charge on any atom is -0.340 e. The third-order valence-electron chi connectivity index (χ3n) is 3.66. The molecule has 0 unspecified atom stereocenters. The van der Waals surface area contributed by atoms with Crippen LogP contribution in [0.5, 0.6) is 0 Å². The minimum absolute atomic E-state index is 0.210. The van der Waals surface area contributed by atoms with Gasteiger partial charge in [0.25, 0.3) is 0 Å². The summed E-state index contributed by atoms with van der Waals surface area (Å²) < 4.78 is 0. The first-order chi connectivity index (χ1) is 8.04. The van der Waals surface area contributed by atoms with E-state index in [1.165, 1.54) is 0 Å². The molecule has 17 heavy (non-hydrogen) atoms. The highest BCUT2D eigenvalue weighted by atomic mass is 16.2.